The third-order valence-corrected chi connectivity index (χ3v) is 4.44. The maximum Gasteiger partial charge on any atom is 0.106 e. The highest BCUT2D eigenvalue weighted by Crippen LogP contribution is 2.38. The van der Waals surface area contributed by atoms with E-state index in [1.807, 2.05) is 0 Å². The fourth-order valence-corrected chi connectivity index (χ4v) is 3.28. The molecule has 0 spiro atoms. The molecule has 0 bridgehead atoms. The van der Waals surface area contributed by atoms with E-state index in [9.17, 15) is 0 Å². The van der Waals surface area contributed by atoms with Crippen molar-refractivity contribution in [2.45, 2.75) is 84.8 Å². The van der Waals surface area contributed by atoms with Crippen LogP contribution in [0.5, 0.6) is 0 Å². The van der Waals surface area contributed by atoms with E-state index in [0.717, 1.165) is 5.92 Å². The van der Waals surface area contributed by atoms with Crippen LogP contribution in [0.15, 0.2) is 0 Å². The SMILES string of the molecule is C[B]CC(C)(C)C1CCCCCCCCC1. The molecule has 0 aromatic rings. The average molecular weight is 221 g/mol. The van der Waals surface area contributed by atoms with Gasteiger partial charge in [-0.05, 0) is 24.2 Å². The molecule has 0 amide bonds. The largest absolute Gasteiger partial charge is 0.106 e. The highest BCUT2D eigenvalue weighted by Gasteiger charge is 2.27. The van der Waals surface area contributed by atoms with Gasteiger partial charge in [-0.1, -0.05) is 71.9 Å². The molecule has 0 unspecified atom stereocenters. The molecule has 93 valence electrons. The summed E-state index contributed by atoms with van der Waals surface area (Å²) >= 11 is 0. The molecule has 1 fully saturated rings. The van der Waals surface area contributed by atoms with E-state index in [4.69, 9.17) is 0 Å². The molecule has 1 saturated carbocycles. The van der Waals surface area contributed by atoms with Crippen molar-refractivity contribution < 1.29 is 0 Å². The van der Waals surface area contributed by atoms with Crippen LogP contribution in [0.1, 0.15) is 71.6 Å². The van der Waals surface area contributed by atoms with Crippen LogP contribution in [0.4, 0.5) is 0 Å². The molecule has 0 aromatic heterocycles. The second-order valence-corrected chi connectivity index (χ2v) is 6.35. The van der Waals surface area contributed by atoms with Gasteiger partial charge in [-0.3, -0.25) is 0 Å². The minimum Gasteiger partial charge on any atom is -0.0920 e. The monoisotopic (exact) mass is 221 g/mol. The molecule has 1 rings (SSSR count). The summed E-state index contributed by atoms with van der Waals surface area (Å²) in [6.07, 6.45) is 14.6. The zero-order chi connectivity index (χ0) is 11.9. The first-order valence-electron chi connectivity index (χ1n) is 7.44. The second kappa shape index (κ2) is 7.40. The lowest BCUT2D eigenvalue weighted by molar-refractivity contribution is 0.198. The molecule has 0 atom stereocenters. The molecule has 1 radical (unpaired) electrons. The molecule has 0 aromatic carbocycles. The van der Waals surface area contributed by atoms with E-state index >= 15 is 0 Å². The third-order valence-electron chi connectivity index (χ3n) is 4.44. The maximum atomic E-state index is 2.48. The van der Waals surface area contributed by atoms with Crippen molar-refractivity contribution in [2.75, 3.05) is 0 Å². The molecule has 0 N–H and O–H groups in total. The van der Waals surface area contributed by atoms with Gasteiger partial charge >= 0.3 is 0 Å². The Morgan fingerprint density at radius 2 is 1.31 bits per heavy atom. The van der Waals surface area contributed by atoms with Crippen LogP contribution in [0.2, 0.25) is 13.1 Å². The first-order chi connectivity index (χ1) is 7.67. The Balaban J connectivity index is 2.46. The van der Waals surface area contributed by atoms with E-state index in [1.165, 1.54) is 64.1 Å². The van der Waals surface area contributed by atoms with Crippen molar-refractivity contribution in [2.24, 2.45) is 11.3 Å². The number of hydrogen-bond donors (Lipinski definition) is 0. The van der Waals surface area contributed by atoms with E-state index in [-0.39, 0.29) is 0 Å². The van der Waals surface area contributed by atoms with Crippen molar-refractivity contribution >= 4 is 7.28 Å². The van der Waals surface area contributed by atoms with Gasteiger partial charge in [-0.15, -0.1) is 0 Å². The molecular formula is C15H30B. The second-order valence-electron chi connectivity index (χ2n) is 6.35. The number of rotatable bonds is 3. The fraction of sp³-hybridized carbons (Fsp3) is 1.00. The van der Waals surface area contributed by atoms with Crippen molar-refractivity contribution in [1.29, 1.82) is 0 Å². The Kier molecular flexibility index (Phi) is 6.54. The summed E-state index contributed by atoms with van der Waals surface area (Å²) in [5.41, 5.74) is 0.536. The summed E-state index contributed by atoms with van der Waals surface area (Å²) in [4.78, 5) is 0. The summed E-state index contributed by atoms with van der Waals surface area (Å²) in [6, 6.07) is 0. The Morgan fingerprint density at radius 3 is 1.75 bits per heavy atom. The van der Waals surface area contributed by atoms with E-state index in [1.54, 1.807) is 0 Å². The minimum absolute atomic E-state index is 0.536. The third kappa shape index (κ3) is 4.93. The predicted molar refractivity (Wildman–Crippen MR) is 75.2 cm³/mol. The van der Waals surface area contributed by atoms with Gasteiger partial charge in [0.05, 0.1) is 0 Å². The molecule has 1 aliphatic rings. The summed E-state index contributed by atoms with van der Waals surface area (Å²) in [5, 5.41) is 0. The Hall–Kier alpha value is 0.0649. The van der Waals surface area contributed by atoms with Crippen molar-refractivity contribution in [3.8, 4) is 0 Å². The highest BCUT2D eigenvalue weighted by molar-refractivity contribution is 6.33. The first-order valence-corrected chi connectivity index (χ1v) is 7.44. The van der Waals surface area contributed by atoms with Crippen molar-refractivity contribution in [3.63, 3.8) is 0 Å². The van der Waals surface area contributed by atoms with Gasteiger partial charge < -0.3 is 0 Å². The van der Waals surface area contributed by atoms with Gasteiger partial charge in [0.15, 0.2) is 0 Å². The van der Waals surface area contributed by atoms with Gasteiger partial charge in [-0.25, -0.2) is 0 Å². The molecular weight excluding hydrogens is 191 g/mol. The van der Waals surface area contributed by atoms with Crippen molar-refractivity contribution in [1.82, 2.24) is 0 Å². The average Bonchev–Trinajstić information content (AvgIpc) is 2.25. The topological polar surface area (TPSA) is 0 Å². The Bertz CT molecular complexity index is 164. The van der Waals surface area contributed by atoms with E-state index < -0.39 is 0 Å². The smallest absolute Gasteiger partial charge is 0.0920 e. The van der Waals surface area contributed by atoms with Gasteiger partial charge in [-0.2, -0.15) is 0 Å². The lowest BCUT2D eigenvalue weighted by Gasteiger charge is -2.35. The van der Waals surface area contributed by atoms with Crippen LogP contribution in [0, 0.1) is 11.3 Å². The standard InChI is InChI=1S/C15H30B/c1-15(2,13-16-3)14-11-9-7-5-4-6-8-10-12-14/h14H,4-13H2,1-3H3. The first kappa shape index (κ1) is 14.1. The Labute approximate surface area is 104 Å². The van der Waals surface area contributed by atoms with Gasteiger partial charge in [0.25, 0.3) is 0 Å². The molecule has 0 heterocycles. The predicted octanol–water partition coefficient (Wildman–Crippen LogP) is 5.32. The van der Waals surface area contributed by atoms with Crippen LogP contribution in [-0.4, -0.2) is 7.28 Å². The highest BCUT2D eigenvalue weighted by atomic mass is 14.3. The summed E-state index contributed by atoms with van der Waals surface area (Å²) < 4.78 is 0. The van der Waals surface area contributed by atoms with E-state index in [2.05, 4.69) is 28.0 Å². The molecule has 0 nitrogen and oxygen atoms in total. The molecule has 1 heteroatoms. The van der Waals surface area contributed by atoms with E-state index in [0.29, 0.717) is 5.41 Å². The summed E-state index contributed by atoms with van der Waals surface area (Å²) in [7, 11) is 2.36. The van der Waals surface area contributed by atoms with Crippen molar-refractivity contribution in [3.05, 3.63) is 0 Å². The lowest BCUT2D eigenvalue weighted by atomic mass is 9.59. The van der Waals surface area contributed by atoms with Crippen LogP contribution in [-0.2, 0) is 0 Å². The zero-order valence-corrected chi connectivity index (χ0v) is 11.7. The zero-order valence-electron chi connectivity index (χ0n) is 11.7. The lowest BCUT2D eigenvalue weighted by Crippen LogP contribution is -2.25. The molecule has 1 aliphatic carbocycles. The quantitative estimate of drug-likeness (QED) is 0.565. The summed E-state index contributed by atoms with van der Waals surface area (Å²) in [6.45, 7) is 7.16. The van der Waals surface area contributed by atoms with Crippen LogP contribution in [0.3, 0.4) is 0 Å². The van der Waals surface area contributed by atoms with Gasteiger partial charge in [0.1, 0.15) is 7.28 Å². The summed E-state index contributed by atoms with van der Waals surface area (Å²) in [5.74, 6) is 0.960. The molecule has 16 heavy (non-hydrogen) atoms. The van der Waals surface area contributed by atoms with Gasteiger partial charge in [0, 0.05) is 0 Å². The van der Waals surface area contributed by atoms with Gasteiger partial charge in [0.2, 0.25) is 0 Å². The minimum atomic E-state index is 0.536. The fourth-order valence-electron chi connectivity index (χ4n) is 3.28. The van der Waals surface area contributed by atoms with Crippen LogP contribution in [0.25, 0.3) is 0 Å². The molecule has 0 aliphatic heterocycles. The normalized spacial score (nSPS) is 21.7. The van der Waals surface area contributed by atoms with Crippen LogP contribution >= 0.6 is 0 Å². The number of hydrogen-bond acceptors (Lipinski definition) is 0. The maximum absolute atomic E-state index is 2.48. The van der Waals surface area contributed by atoms with Crippen LogP contribution < -0.4 is 0 Å². The Morgan fingerprint density at radius 1 is 0.875 bits per heavy atom. The molecule has 0 saturated heterocycles.